The monoisotopic (exact) mass is 188 g/mol. The Labute approximate surface area is 77.8 Å². The van der Waals surface area contributed by atoms with Gasteiger partial charge in [-0.2, -0.15) is 0 Å². The SMILES string of the molecule is OC(CCCC1CO1)OCC1CO1. The Morgan fingerprint density at radius 3 is 2.62 bits per heavy atom. The fourth-order valence-corrected chi connectivity index (χ4v) is 1.22. The van der Waals surface area contributed by atoms with E-state index in [1.54, 1.807) is 0 Å². The maximum atomic E-state index is 9.34. The zero-order chi connectivity index (χ0) is 9.10. The number of rotatable bonds is 7. The molecule has 0 saturated carbocycles. The van der Waals surface area contributed by atoms with Crippen LogP contribution in [0, 0.1) is 0 Å². The number of hydrogen-bond donors (Lipinski definition) is 1. The molecule has 3 unspecified atom stereocenters. The molecule has 0 aromatic carbocycles. The first-order valence-electron chi connectivity index (χ1n) is 4.87. The molecule has 3 atom stereocenters. The lowest BCUT2D eigenvalue weighted by atomic mass is 10.2. The minimum absolute atomic E-state index is 0.237. The number of epoxide rings is 2. The van der Waals surface area contributed by atoms with Crippen molar-refractivity contribution in [3.05, 3.63) is 0 Å². The van der Waals surface area contributed by atoms with Gasteiger partial charge in [0.2, 0.25) is 0 Å². The van der Waals surface area contributed by atoms with Gasteiger partial charge in [0.25, 0.3) is 0 Å². The first-order valence-corrected chi connectivity index (χ1v) is 4.87. The molecule has 0 bridgehead atoms. The van der Waals surface area contributed by atoms with Crippen molar-refractivity contribution < 1.29 is 19.3 Å². The molecule has 2 aliphatic rings. The molecular formula is C9H16O4. The maximum absolute atomic E-state index is 9.34. The van der Waals surface area contributed by atoms with Crippen molar-refractivity contribution >= 4 is 0 Å². The van der Waals surface area contributed by atoms with Crippen molar-refractivity contribution in [3.63, 3.8) is 0 Å². The molecule has 4 nitrogen and oxygen atoms in total. The van der Waals surface area contributed by atoms with Crippen molar-refractivity contribution in [2.45, 2.75) is 37.8 Å². The van der Waals surface area contributed by atoms with Gasteiger partial charge in [0, 0.05) is 0 Å². The lowest BCUT2D eigenvalue weighted by Crippen LogP contribution is -2.15. The highest BCUT2D eigenvalue weighted by atomic mass is 16.6. The molecular weight excluding hydrogens is 172 g/mol. The predicted octanol–water partition coefficient (Wildman–Crippen LogP) is 0.289. The second-order valence-corrected chi connectivity index (χ2v) is 3.63. The van der Waals surface area contributed by atoms with Crippen LogP contribution in [0.5, 0.6) is 0 Å². The van der Waals surface area contributed by atoms with Crippen LogP contribution >= 0.6 is 0 Å². The molecule has 2 heterocycles. The Balaban J connectivity index is 1.42. The van der Waals surface area contributed by atoms with Crippen LogP contribution < -0.4 is 0 Å². The van der Waals surface area contributed by atoms with E-state index < -0.39 is 6.29 Å². The van der Waals surface area contributed by atoms with Crippen LogP contribution in [0.1, 0.15) is 19.3 Å². The molecule has 76 valence electrons. The molecule has 0 aliphatic carbocycles. The summed E-state index contributed by atoms with van der Waals surface area (Å²) in [7, 11) is 0. The highest BCUT2D eigenvalue weighted by Crippen LogP contribution is 2.18. The van der Waals surface area contributed by atoms with E-state index in [2.05, 4.69) is 0 Å². The average molecular weight is 188 g/mol. The second kappa shape index (κ2) is 4.37. The van der Waals surface area contributed by atoms with Crippen molar-refractivity contribution in [2.75, 3.05) is 19.8 Å². The molecule has 2 saturated heterocycles. The van der Waals surface area contributed by atoms with Crippen LogP contribution in [0.25, 0.3) is 0 Å². The van der Waals surface area contributed by atoms with Gasteiger partial charge in [-0.25, -0.2) is 0 Å². The molecule has 13 heavy (non-hydrogen) atoms. The largest absolute Gasteiger partial charge is 0.373 e. The van der Waals surface area contributed by atoms with Crippen LogP contribution in [0.4, 0.5) is 0 Å². The first kappa shape index (κ1) is 9.40. The van der Waals surface area contributed by atoms with E-state index in [1.807, 2.05) is 0 Å². The van der Waals surface area contributed by atoms with E-state index in [4.69, 9.17) is 14.2 Å². The van der Waals surface area contributed by atoms with Crippen molar-refractivity contribution in [1.82, 2.24) is 0 Å². The van der Waals surface area contributed by atoms with Gasteiger partial charge in [0.1, 0.15) is 6.10 Å². The second-order valence-electron chi connectivity index (χ2n) is 3.63. The van der Waals surface area contributed by atoms with E-state index in [0.29, 0.717) is 19.1 Å². The normalized spacial score (nSPS) is 33.0. The smallest absolute Gasteiger partial charge is 0.154 e. The minimum atomic E-state index is -0.622. The van der Waals surface area contributed by atoms with Crippen LogP contribution in [0.2, 0.25) is 0 Å². The van der Waals surface area contributed by atoms with Crippen LogP contribution in [0.3, 0.4) is 0 Å². The summed E-state index contributed by atoms with van der Waals surface area (Å²) in [6.45, 7) is 2.20. The lowest BCUT2D eigenvalue weighted by Gasteiger charge is -2.09. The van der Waals surface area contributed by atoms with E-state index in [1.165, 1.54) is 0 Å². The van der Waals surface area contributed by atoms with E-state index in [9.17, 15) is 5.11 Å². The van der Waals surface area contributed by atoms with E-state index in [0.717, 1.165) is 26.1 Å². The Bertz CT molecular complexity index is 154. The zero-order valence-corrected chi connectivity index (χ0v) is 7.65. The van der Waals surface area contributed by atoms with Gasteiger partial charge in [-0.3, -0.25) is 0 Å². The fraction of sp³-hybridized carbons (Fsp3) is 1.00. The topological polar surface area (TPSA) is 54.5 Å². The Morgan fingerprint density at radius 1 is 1.31 bits per heavy atom. The molecule has 2 fully saturated rings. The third-order valence-corrected chi connectivity index (χ3v) is 2.26. The molecule has 1 N–H and O–H groups in total. The van der Waals surface area contributed by atoms with Crippen molar-refractivity contribution in [3.8, 4) is 0 Å². The number of aliphatic hydroxyl groups is 1. The van der Waals surface area contributed by atoms with Crippen LogP contribution in [0.15, 0.2) is 0 Å². The summed E-state index contributed by atoms with van der Waals surface area (Å²) in [6, 6.07) is 0. The number of ether oxygens (including phenoxy) is 3. The number of aliphatic hydroxyl groups excluding tert-OH is 1. The first-order chi connectivity index (χ1) is 6.34. The van der Waals surface area contributed by atoms with Crippen LogP contribution in [-0.2, 0) is 14.2 Å². The molecule has 0 spiro atoms. The van der Waals surface area contributed by atoms with Gasteiger partial charge < -0.3 is 19.3 Å². The molecule has 2 aliphatic heterocycles. The molecule has 2 rings (SSSR count). The highest BCUT2D eigenvalue weighted by molar-refractivity contribution is 4.69. The van der Waals surface area contributed by atoms with Gasteiger partial charge >= 0.3 is 0 Å². The average Bonchev–Trinajstić information content (AvgIpc) is 2.97. The molecule has 0 aromatic heterocycles. The van der Waals surface area contributed by atoms with Crippen LogP contribution in [-0.4, -0.2) is 43.4 Å². The van der Waals surface area contributed by atoms with Gasteiger partial charge in [-0.15, -0.1) is 0 Å². The Hall–Kier alpha value is -0.160. The summed E-state index contributed by atoms with van der Waals surface area (Å²) in [5.74, 6) is 0. The fourth-order valence-electron chi connectivity index (χ4n) is 1.22. The number of hydrogen-bond acceptors (Lipinski definition) is 4. The van der Waals surface area contributed by atoms with Gasteiger partial charge in [-0.05, 0) is 19.3 Å². The standard InChI is InChI=1S/C9H16O4/c10-9(13-6-8-5-12-8)3-1-2-7-4-11-7/h7-10H,1-6H2. The zero-order valence-electron chi connectivity index (χ0n) is 7.65. The van der Waals surface area contributed by atoms with Crippen molar-refractivity contribution in [2.24, 2.45) is 0 Å². The maximum Gasteiger partial charge on any atom is 0.154 e. The predicted molar refractivity (Wildman–Crippen MR) is 45.3 cm³/mol. The lowest BCUT2D eigenvalue weighted by molar-refractivity contribution is -0.107. The molecule has 4 heteroatoms. The third-order valence-electron chi connectivity index (χ3n) is 2.26. The Kier molecular flexibility index (Phi) is 3.16. The van der Waals surface area contributed by atoms with Gasteiger partial charge in [0.05, 0.1) is 25.9 Å². The Morgan fingerprint density at radius 2 is 2.00 bits per heavy atom. The van der Waals surface area contributed by atoms with Crippen molar-refractivity contribution in [1.29, 1.82) is 0 Å². The van der Waals surface area contributed by atoms with Gasteiger partial charge in [0.15, 0.2) is 6.29 Å². The molecule has 0 amide bonds. The van der Waals surface area contributed by atoms with Gasteiger partial charge in [-0.1, -0.05) is 0 Å². The summed E-state index contributed by atoms with van der Waals surface area (Å²) in [4.78, 5) is 0. The highest BCUT2D eigenvalue weighted by Gasteiger charge is 2.24. The summed E-state index contributed by atoms with van der Waals surface area (Å²) in [5, 5.41) is 9.34. The van der Waals surface area contributed by atoms with E-state index >= 15 is 0 Å². The summed E-state index contributed by atoms with van der Waals surface area (Å²) in [6.07, 6.45) is 2.79. The van der Waals surface area contributed by atoms with E-state index in [-0.39, 0.29) is 6.10 Å². The summed E-state index contributed by atoms with van der Waals surface area (Å²) >= 11 is 0. The minimum Gasteiger partial charge on any atom is -0.373 e. The third kappa shape index (κ3) is 4.04. The quantitative estimate of drug-likeness (QED) is 0.461. The summed E-state index contributed by atoms with van der Waals surface area (Å²) < 4.78 is 15.2. The summed E-state index contributed by atoms with van der Waals surface area (Å²) in [5.41, 5.74) is 0. The molecule has 0 aromatic rings. The molecule has 0 radical (unpaired) electrons.